The zero-order valence-corrected chi connectivity index (χ0v) is 17.7. The minimum Gasteiger partial charge on any atom is -0.450 e. The minimum atomic E-state index is -0.126. The normalized spacial score (nSPS) is 29.9. The number of nitrogens with zero attached hydrogens (tertiary/aromatic N) is 4. The fraction of sp³-hybridized carbons (Fsp3) is 0.789. The number of halogens is 1. The number of amides is 1. The Morgan fingerprint density at radius 1 is 1.35 bits per heavy atom. The maximum absolute atomic E-state index is 11.9. The molecule has 1 spiro atoms. The van der Waals surface area contributed by atoms with Crippen LogP contribution in [0.3, 0.4) is 0 Å². The van der Waals surface area contributed by atoms with E-state index in [1.54, 1.807) is 0 Å². The van der Waals surface area contributed by atoms with E-state index in [1.165, 1.54) is 44.6 Å². The molecule has 6 nitrogen and oxygen atoms in total. The number of hydrogen-bond donors (Lipinski definition) is 0. The summed E-state index contributed by atoms with van der Waals surface area (Å²) in [6.07, 6.45) is 9.97. The molecule has 26 heavy (non-hydrogen) atoms. The van der Waals surface area contributed by atoms with Gasteiger partial charge in [0.25, 0.3) is 0 Å². The Kier molecular flexibility index (Phi) is 5.46. The first kappa shape index (κ1) is 18.5. The number of aromatic nitrogens is 2. The highest BCUT2D eigenvalue weighted by Crippen LogP contribution is 2.51. The zero-order chi connectivity index (χ0) is 18.1. The van der Waals surface area contributed by atoms with Crippen LogP contribution in [0, 0.1) is 5.41 Å². The number of carbonyl (C=O) groups excluding carboxylic acids is 1. The number of imidazole rings is 1. The van der Waals surface area contributed by atoms with Gasteiger partial charge in [0.05, 0.1) is 11.2 Å². The molecule has 3 fully saturated rings. The van der Waals surface area contributed by atoms with Crippen molar-refractivity contribution in [2.75, 3.05) is 32.8 Å². The SMILES string of the molecule is CCOC(=O)N1CCC2(CC(N3CCC(c4nccn4CI)CC3)C2)C1. The van der Waals surface area contributed by atoms with Crippen LogP contribution in [0.4, 0.5) is 4.79 Å². The third kappa shape index (κ3) is 3.48. The zero-order valence-electron chi connectivity index (χ0n) is 15.6. The van der Waals surface area contributed by atoms with Gasteiger partial charge >= 0.3 is 6.09 Å². The van der Waals surface area contributed by atoms with Crippen LogP contribution < -0.4 is 0 Å². The summed E-state index contributed by atoms with van der Waals surface area (Å²) in [7, 11) is 0. The highest BCUT2D eigenvalue weighted by molar-refractivity contribution is 14.1. The molecular formula is C19H29IN4O2. The third-order valence-electron chi connectivity index (χ3n) is 6.59. The molecule has 1 saturated carbocycles. The molecule has 1 aliphatic carbocycles. The number of piperidine rings is 1. The van der Waals surface area contributed by atoms with E-state index in [4.69, 9.17) is 4.74 Å². The first-order chi connectivity index (χ1) is 12.6. The Balaban J connectivity index is 1.25. The summed E-state index contributed by atoms with van der Waals surface area (Å²) in [5.41, 5.74) is 0.367. The van der Waals surface area contributed by atoms with Crippen molar-refractivity contribution in [1.82, 2.24) is 19.4 Å². The van der Waals surface area contributed by atoms with E-state index < -0.39 is 0 Å². The highest BCUT2D eigenvalue weighted by atomic mass is 127. The van der Waals surface area contributed by atoms with Gasteiger partial charge in [0.1, 0.15) is 5.82 Å². The first-order valence-corrected chi connectivity index (χ1v) is 11.4. The van der Waals surface area contributed by atoms with E-state index in [-0.39, 0.29) is 6.09 Å². The Labute approximate surface area is 169 Å². The molecule has 0 aromatic carbocycles. The number of likely N-dealkylation sites (tertiary alicyclic amines) is 2. The van der Waals surface area contributed by atoms with E-state index in [9.17, 15) is 4.79 Å². The standard InChI is InChI=1S/C19H29IN4O2/c1-2-26-18(25)23-9-5-19(13-23)11-16(12-19)22-7-3-15(4-8-22)17-21-6-10-24(17)14-20/h6,10,15-16H,2-5,7-9,11-14H2,1H3. The molecule has 2 aliphatic heterocycles. The molecular weight excluding hydrogens is 443 g/mol. The van der Waals surface area contributed by atoms with E-state index >= 15 is 0 Å². The summed E-state index contributed by atoms with van der Waals surface area (Å²) in [6, 6.07) is 0.711. The predicted molar refractivity (Wildman–Crippen MR) is 108 cm³/mol. The largest absolute Gasteiger partial charge is 0.450 e. The van der Waals surface area contributed by atoms with Gasteiger partial charge in [-0.05, 0) is 57.5 Å². The molecule has 1 amide bonds. The van der Waals surface area contributed by atoms with Crippen LogP contribution in [0.5, 0.6) is 0 Å². The molecule has 0 radical (unpaired) electrons. The highest BCUT2D eigenvalue weighted by Gasteiger charge is 2.51. The van der Waals surface area contributed by atoms with Gasteiger partial charge in [-0.15, -0.1) is 0 Å². The summed E-state index contributed by atoms with van der Waals surface area (Å²) in [6.45, 7) is 6.47. The van der Waals surface area contributed by atoms with Crippen LogP contribution >= 0.6 is 22.6 Å². The average Bonchev–Trinajstić information content (AvgIpc) is 3.28. The molecule has 0 bridgehead atoms. The molecule has 7 heteroatoms. The van der Waals surface area contributed by atoms with Gasteiger partial charge in [-0.1, -0.05) is 22.6 Å². The van der Waals surface area contributed by atoms with Crippen molar-refractivity contribution < 1.29 is 9.53 Å². The fourth-order valence-corrected chi connectivity index (χ4v) is 5.72. The number of alkyl halides is 1. The molecule has 1 aromatic rings. The van der Waals surface area contributed by atoms with Crippen molar-refractivity contribution in [1.29, 1.82) is 0 Å². The Hall–Kier alpha value is -0.830. The monoisotopic (exact) mass is 472 g/mol. The molecule has 2 saturated heterocycles. The van der Waals surface area contributed by atoms with Gasteiger partial charge < -0.3 is 19.1 Å². The maximum Gasteiger partial charge on any atom is 0.409 e. The Morgan fingerprint density at radius 2 is 2.12 bits per heavy atom. The lowest BCUT2D eigenvalue weighted by molar-refractivity contribution is -0.00517. The topological polar surface area (TPSA) is 50.6 Å². The molecule has 3 aliphatic rings. The van der Waals surface area contributed by atoms with Crippen molar-refractivity contribution >= 4 is 28.7 Å². The molecule has 3 heterocycles. The lowest BCUT2D eigenvalue weighted by Gasteiger charge is -2.51. The van der Waals surface area contributed by atoms with Crippen LogP contribution in [-0.2, 0) is 9.29 Å². The third-order valence-corrected chi connectivity index (χ3v) is 7.32. The average molecular weight is 472 g/mol. The van der Waals surface area contributed by atoms with Gasteiger partial charge in [-0.2, -0.15) is 0 Å². The lowest BCUT2D eigenvalue weighted by atomic mass is 9.64. The van der Waals surface area contributed by atoms with Crippen molar-refractivity contribution in [3.05, 3.63) is 18.2 Å². The van der Waals surface area contributed by atoms with E-state index in [1.807, 2.05) is 18.0 Å². The molecule has 0 unspecified atom stereocenters. The number of hydrogen-bond acceptors (Lipinski definition) is 4. The van der Waals surface area contributed by atoms with Crippen LogP contribution in [0.15, 0.2) is 12.4 Å². The second kappa shape index (κ2) is 7.66. The summed E-state index contributed by atoms with van der Waals surface area (Å²) in [4.78, 5) is 21.1. The minimum absolute atomic E-state index is 0.126. The van der Waals surface area contributed by atoms with Gasteiger partial charge in [-0.3, -0.25) is 0 Å². The quantitative estimate of drug-likeness (QED) is 0.498. The van der Waals surface area contributed by atoms with Gasteiger partial charge in [-0.25, -0.2) is 9.78 Å². The van der Waals surface area contributed by atoms with Crippen LogP contribution in [-0.4, -0.2) is 64.3 Å². The molecule has 1 aromatic heterocycles. The van der Waals surface area contributed by atoms with E-state index in [0.717, 1.165) is 24.1 Å². The summed E-state index contributed by atoms with van der Waals surface area (Å²) in [5, 5.41) is 0. The van der Waals surface area contributed by atoms with E-state index in [2.05, 4.69) is 43.2 Å². The van der Waals surface area contributed by atoms with Gasteiger partial charge in [0.15, 0.2) is 0 Å². The van der Waals surface area contributed by atoms with Gasteiger partial charge in [0, 0.05) is 37.4 Å². The Bertz CT molecular complexity index is 635. The summed E-state index contributed by atoms with van der Waals surface area (Å²) < 4.78 is 8.43. The van der Waals surface area contributed by atoms with Crippen LogP contribution in [0.25, 0.3) is 0 Å². The number of ether oxygens (including phenoxy) is 1. The smallest absolute Gasteiger partial charge is 0.409 e. The second-order valence-corrected chi connectivity index (χ2v) is 8.80. The predicted octanol–water partition coefficient (Wildman–Crippen LogP) is 3.47. The second-order valence-electron chi connectivity index (χ2n) is 8.12. The van der Waals surface area contributed by atoms with Crippen molar-refractivity contribution in [3.8, 4) is 0 Å². The van der Waals surface area contributed by atoms with Gasteiger partial charge in [0.2, 0.25) is 0 Å². The fourth-order valence-electron chi connectivity index (χ4n) is 5.14. The number of carbonyl (C=O) groups is 1. The number of rotatable bonds is 4. The maximum atomic E-state index is 11.9. The van der Waals surface area contributed by atoms with Crippen molar-refractivity contribution in [2.45, 2.75) is 55.5 Å². The molecule has 144 valence electrons. The lowest BCUT2D eigenvalue weighted by Crippen LogP contribution is -2.54. The molecule has 0 N–H and O–H groups in total. The van der Waals surface area contributed by atoms with E-state index in [0.29, 0.717) is 24.0 Å². The van der Waals surface area contributed by atoms with Crippen LogP contribution in [0.1, 0.15) is 50.8 Å². The summed E-state index contributed by atoms with van der Waals surface area (Å²) >= 11 is 2.41. The van der Waals surface area contributed by atoms with Crippen LogP contribution in [0.2, 0.25) is 0 Å². The summed E-state index contributed by atoms with van der Waals surface area (Å²) in [5.74, 6) is 1.88. The molecule has 4 rings (SSSR count). The Morgan fingerprint density at radius 3 is 2.81 bits per heavy atom. The van der Waals surface area contributed by atoms with Crippen molar-refractivity contribution in [3.63, 3.8) is 0 Å². The first-order valence-electron chi connectivity index (χ1n) is 9.87. The molecule has 0 atom stereocenters. The van der Waals surface area contributed by atoms with Crippen molar-refractivity contribution in [2.24, 2.45) is 5.41 Å².